The Balaban J connectivity index is 2.11. The molecule has 0 saturated heterocycles. The number of hydrogen-bond donors (Lipinski definition) is 0. The molecule has 10 heavy (non-hydrogen) atoms. The predicted octanol–water partition coefficient (Wildman–Crippen LogP) is 2.91. The van der Waals surface area contributed by atoms with E-state index in [1.54, 1.807) is 0 Å². The van der Waals surface area contributed by atoms with E-state index in [9.17, 15) is 13.2 Å². The minimum atomic E-state index is -3.93. The van der Waals surface area contributed by atoms with E-state index in [2.05, 4.69) is 22.6 Å². The van der Waals surface area contributed by atoms with Crippen molar-refractivity contribution in [2.75, 3.05) is 0 Å². The fourth-order valence-electron chi connectivity index (χ4n) is 1.96. The zero-order chi connectivity index (χ0) is 7.62. The lowest BCUT2D eigenvalue weighted by Crippen LogP contribution is -2.69. The van der Waals surface area contributed by atoms with E-state index in [4.69, 9.17) is 0 Å². The smallest absolute Gasteiger partial charge is 0.171 e. The standard InChI is InChI=1S/C6H6F3I/c7-6(8,9)4-1-5(10,2-4)3-4/h1-3H2/t4-,5+. The molecule has 0 aromatic carbocycles. The van der Waals surface area contributed by atoms with Crippen LogP contribution in [0.2, 0.25) is 0 Å². The molecule has 58 valence electrons. The highest BCUT2D eigenvalue weighted by Gasteiger charge is 2.77. The minimum absolute atomic E-state index is 0.0350. The molecule has 0 spiro atoms. The van der Waals surface area contributed by atoms with E-state index in [1.165, 1.54) is 0 Å². The average Bonchev–Trinajstić information content (AvgIpc) is 1.51. The quantitative estimate of drug-likeness (QED) is 0.465. The lowest BCUT2D eigenvalue weighted by atomic mass is 9.44. The van der Waals surface area contributed by atoms with Crippen LogP contribution in [0.15, 0.2) is 0 Å². The van der Waals surface area contributed by atoms with Crippen molar-refractivity contribution in [1.82, 2.24) is 0 Å². The summed E-state index contributed by atoms with van der Waals surface area (Å²) in [5.74, 6) is 0. The molecule has 3 saturated carbocycles. The van der Waals surface area contributed by atoms with E-state index in [1.807, 2.05) is 0 Å². The van der Waals surface area contributed by atoms with Gasteiger partial charge in [-0.25, -0.2) is 0 Å². The van der Waals surface area contributed by atoms with Crippen LogP contribution in [0.1, 0.15) is 19.3 Å². The molecule has 3 rings (SSSR count). The van der Waals surface area contributed by atoms with Crippen LogP contribution in [-0.2, 0) is 0 Å². The van der Waals surface area contributed by atoms with Gasteiger partial charge in [-0.2, -0.15) is 13.2 Å². The summed E-state index contributed by atoms with van der Waals surface area (Å²) < 4.78 is 36.3. The molecular formula is C6H6F3I. The fraction of sp³-hybridized carbons (Fsp3) is 1.00. The van der Waals surface area contributed by atoms with Gasteiger partial charge in [0.1, 0.15) is 0 Å². The van der Waals surface area contributed by atoms with Gasteiger partial charge in [-0.15, -0.1) is 0 Å². The lowest BCUT2D eigenvalue weighted by molar-refractivity contribution is -0.309. The van der Waals surface area contributed by atoms with E-state index in [0.717, 1.165) is 0 Å². The Hall–Kier alpha value is 0.520. The average molecular weight is 262 g/mol. The Morgan fingerprint density at radius 3 is 1.60 bits per heavy atom. The van der Waals surface area contributed by atoms with Crippen molar-refractivity contribution in [3.05, 3.63) is 0 Å². The van der Waals surface area contributed by atoms with E-state index >= 15 is 0 Å². The zero-order valence-electron chi connectivity index (χ0n) is 5.13. The van der Waals surface area contributed by atoms with E-state index in [0.29, 0.717) is 19.3 Å². The first-order valence-corrected chi connectivity index (χ1v) is 4.21. The highest BCUT2D eigenvalue weighted by Crippen LogP contribution is 2.77. The first kappa shape index (κ1) is 7.18. The molecule has 0 aromatic heterocycles. The Morgan fingerprint density at radius 2 is 1.50 bits per heavy atom. The molecule has 3 fully saturated rings. The summed E-state index contributed by atoms with van der Waals surface area (Å²) >= 11 is 2.14. The second-order valence-electron chi connectivity index (χ2n) is 3.46. The van der Waals surface area contributed by atoms with Crippen molar-refractivity contribution >= 4 is 22.6 Å². The van der Waals surface area contributed by atoms with Gasteiger partial charge in [-0.1, -0.05) is 22.6 Å². The SMILES string of the molecule is FC(F)(F)[C@]12C[C@](I)(C1)C2. The molecule has 3 aliphatic rings. The topological polar surface area (TPSA) is 0 Å². The highest BCUT2D eigenvalue weighted by atomic mass is 127. The fourth-order valence-corrected chi connectivity index (χ4v) is 4.15. The summed E-state index contributed by atoms with van der Waals surface area (Å²) in [4.78, 5) is 0. The van der Waals surface area contributed by atoms with Gasteiger partial charge in [0.2, 0.25) is 0 Å². The van der Waals surface area contributed by atoms with Crippen LogP contribution in [-0.4, -0.2) is 9.60 Å². The van der Waals surface area contributed by atoms with Crippen LogP contribution in [0, 0.1) is 5.41 Å². The maximum atomic E-state index is 12.1. The van der Waals surface area contributed by atoms with Crippen molar-refractivity contribution in [2.24, 2.45) is 5.41 Å². The predicted molar refractivity (Wildman–Crippen MR) is 39.1 cm³/mol. The molecule has 0 aliphatic heterocycles. The van der Waals surface area contributed by atoms with Crippen molar-refractivity contribution in [3.63, 3.8) is 0 Å². The molecule has 3 aliphatic carbocycles. The normalized spacial score (nSPS) is 51.6. The largest absolute Gasteiger partial charge is 0.394 e. The number of rotatable bonds is 0. The lowest BCUT2D eigenvalue weighted by Gasteiger charge is -2.67. The molecule has 0 atom stereocenters. The summed E-state index contributed by atoms with van der Waals surface area (Å²) in [7, 11) is 0. The van der Waals surface area contributed by atoms with E-state index < -0.39 is 11.6 Å². The number of halogens is 4. The Morgan fingerprint density at radius 1 is 1.10 bits per heavy atom. The van der Waals surface area contributed by atoms with Crippen molar-refractivity contribution in [2.45, 2.75) is 28.9 Å². The van der Waals surface area contributed by atoms with E-state index in [-0.39, 0.29) is 3.42 Å². The zero-order valence-corrected chi connectivity index (χ0v) is 7.29. The van der Waals surface area contributed by atoms with Gasteiger partial charge in [0.25, 0.3) is 0 Å². The first-order chi connectivity index (χ1) is 4.37. The van der Waals surface area contributed by atoms with Crippen LogP contribution >= 0.6 is 22.6 Å². The Kier molecular flexibility index (Phi) is 1.07. The monoisotopic (exact) mass is 262 g/mol. The van der Waals surface area contributed by atoms with Crippen molar-refractivity contribution < 1.29 is 13.2 Å². The van der Waals surface area contributed by atoms with Gasteiger partial charge < -0.3 is 0 Å². The van der Waals surface area contributed by atoms with Crippen LogP contribution in [0.5, 0.6) is 0 Å². The molecule has 0 N–H and O–H groups in total. The molecule has 0 unspecified atom stereocenters. The van der Waals surface area contributed by atoms with Gasteiger partial charge in [0, 0.05) is 3.42 Å². The molecule has 2 bridgehead atoms. The van der Waals surface area contributed by atoms with Gasteiger partial charge in [-0.05, 0) is 19.3 Å². The third kappa shape index (κ3) is 0.636. The van der Waals surface area contributed by atoms with Crippen molar-refractivity contribution in [3.8, 4) is 0 Å². The van der Waals surface area contributed by atoms with Crippen LogP contribution in [0.4, 0.5) is 13.2 Å². The molecular weight excluding hydrogens is 256 g/mol. The summed E-state index contributed by atoms with van der Waals surface area (Å²) in [6.45, 7) is 0. The minimum Gasteiger partial charge on any atom is -0.171 e. The Labute approximate surface area is 70.3 Å². The maximum absolute atomic E-state index is 12.1. The first-order valence-electron chi connectivity index (χ1n) is 3.13. The molecule has 0 aromatic rings. The number of alkyl halides is 4. The van der Waals surface area contributed by atoms with Gasteiger partial charge in [-0.3, -0.25) is 0 Å². The third-order valence-corrected chi connectivity index (χ3v) is 3.71. The summed E-state index contributed by atoms with van der Waals surface area (Å²) in [6.07, 6.45) is -2.84. The molecule has 0 nitrogen and oxygen atoms in total. The molecule has 4 heteroatoms. The van der Waals surface area contributed by atoms with Crippen molar-refractivity contribution in [1.29, 1.82) is 0 Å². The molecule has 0 heterocycles. The maximum Gasteiger partial charge on any atom is 0.394 e. The van der Waals surface area contributed by atoms with Gasteiger partial charge in [0.15, 0.2) is 0 Å². The number of hydrogen-bond acceptors (Lipinski definition) is 0. The van der Waals surface area contributed by atoms with Crippen LogP contribution in [0.25, 0.3) is 0 Å². The summed E-state index contributed by atoms with van der Waals surface area (Å²) in [5.41, 5.74) is -1.24. The molecule has 0 amide bonds. The molecule has 0 radical (unpaired) electrons. The summed E-state index contributed by atoms with van der Waals surface area (Å²) in [5, 5.41) is 0. The highest BCUT2D eigenvalue weighted by molar-refractivity contribution is 14.1. The van der Waals surface area contributed by atoms with Crippen LogP contribution in [0.3, 0.4) is 0 Å². The second kappa shape index (κ2) is 1.49. The van der Waals surface area contributed by atoms with Crippen LogP contribution < -0.4 is 0 Å². The summed E-state index contributed by atoms with van der Waals surface area (Å²) in [6, 6.07) is 0. The Bertz CT molecular complexity index is 164. The second-order valence-corrected chi connectivity index (χ2v) is 5.75. The van der Waals surface area contributed by atoms with Gasteiger partial charge >= 0.3 is 6.18 Å². The van der Waals surface area contributed by atoms with Gasteiger partial charge in [0.05, 0.1) is 5.41 Å². The third-order valence-electron chi connectivity index (χ3n) is 2.57.